The Hall–Kier alpha value is -7.58. The summed E-state index contributed by atoms with van der Waals surface area (Å²) in [5.74, 6) is -6.72. The number of aromatic nitrogens is 5. The highest BCUT2D eigenvalue weighted by Crippen LogP contribution is 2.35. The summed E-state index contributed by atoms with van der Waals surface area (Å²) in [6.07, 6.45) is 2.21. The fraction of sp³-hybridized carbons (Fsp3) is 0.466. The van der Waals surface area contributed by atoms with Crippen molar-refractivity contribution in [1.82, 2.24) is 67.5 Å². The molecule has 0 fully saturated rings. The number of unbranched alkanes of at least 4 members (excludes halogenated alkanes) is 1. The zero-order chi connectivity index (χ0) is 63.9. The topological polar surface area (TPSA) is 454 Å². The Labute approximate surface area is 522 Å². The van der Waals surface area contributed by atoms with Crippen LogP contribution in [0.1, 0.15) is 100 Å². The van der Waals surface area contributed by atoms with Gasteiger partial charge in [0.05, 0.1) is 41.3 Å². The van der Waals surface area contributed by atoms with E-state index in [1.165, 1.54) is 43.4 Å². The predicted molar refractivity (Wildman–Crippen MR) is 338 cm³/mol. The highest BCUT2D eigenvalue weighted by Gasteiger charge is 2.36. The smallest absolute Gasteiger partial charge is 0.271 e. The Bertz CT molecular complexity index is 3290. The van der Waals surface area contributed by atoms with Crippen LogP contribution < -0.4 is 71.2 Å². The Kier molecular flexibility index (Phi) is 27.5. The monoisotopic (exact) mass is 1270 g/mol. The lowest BCUT2D eigenvalue weighted by Crippen LogP contribution is -2.58. The Balaban J connectivity index is 1.10. The number of thiazole rings is 2. The van der Waals surface area contributed by atoms with E-state index in [1.54, 1.807) is 41.9 Å². The first-order valence-electron chi connectivity index (χ1n) is 29.0. The van der Waals surface area contributed by atoms with Crippen LogP contribution in [0, 0.1) is 12.8 Å². The molecule has 0 aliphatic carbocycles. The number of nitrogens with one attached hydrogen (secondary N) is 9. The van der Waals surface area contributed by atoms with Crippen LogP contribution in [0.3, 0.4) is 0 Å². The van der Waals surface area contributed by atoms with E-state index in [1.807, 2.05) is 24.3 Å². The van der Waals surface area contributed by atoms with Gasteiger partial charge in [-0.3, -0.25) is 33.6 Å². The summed E-state index contributed by atoms with van der Waals surface area (Å²) in [5.41, 5.74) is 31.1. The second-order valence-electron chi connectivity index (χ2n) is 21.2. The zero-order valence-corrected chi connectivity index (χ0v) is 51.8. The third kappa shape index (κ3) is 20.8. The van der Waals surface area contributed by atoms with Crippen LogP contribution >= 0.6 is 34.3 Å². The molecule has 21 N–H and O–H groups in total. The molecular weight excluding hydrogens is 1190 g/mol. The van der Waals surface area contributed by atoms with Gasteiger partial charge < -0.3 is 86.4 Å². The van der Waals surface area contributed by atoms with Crippen LogP contribution in [0.25, 0.3) is 21.6 Å². The van der Waals surface area contributed by atoms with Crippen LogP contribution in [0.5, 0.6) is 0 Å². The van der Waals surface area contributed by atoms with Crippen molar-refractivity contribution in [2.24, 2.45) is 28.9 Å². The van der Waals surface area contributed by atoms with E-state index in [2.05, 4.69) is 67.5 Å². The predicted octanol–water partition coefficient (Wildman–Crippen LogP) is 0.119. The van der Waals surface area contributed by atoms with Crippen LogP contribution in [0.2, 0.25) is 4.34 Å². The molecule has 0 saturated heterocycles. The van der Waals surface area contributed by atoms with Gasteiger partial charge in [0, 0.05) is 66.9 Å². The summed E-state index contributed by atoms with van der Waals surface area (Å²) in [7, 11) is 0. The molecule has 0 unspecified atom stereocenters. The first-order chi connectivity index (χ1) is 42.1. The number of aromatic amines is 1. The van der Waals surface area contributed by atoms with Gasteiger partial charge in [0.15, 0.2) is 0 Å². The molecule has 0 bridgehead atoms. The Morgan fingerprint density at radius 1 is 0.761 bits per heavy atom. The minimum atomic E-state index is -1.63. The summed E-state index contributed by atoms with van der Waals surface area (Å²) < 4.78 is 0.337. The molecule has 6 aromatic rings. The summed E-state index contributed by atoms with van der Waals surface area (Å²) in [4.78, 5) is 115. The third-order valence-corrected chi connectivity index (χ3v) is 16.5. The molecule has 7 amide bonds. The number of para-hydroxylation sites is 1. The number of carbonyl (C=O) groups excluding carboxylic acids is 7. The number of hydrogen-bond acceptors (Lipinski definition) is 21. The minimum Gasteiger partial charge on any atom is -0.391 e. The largest absolute Gasteiger partial charge is 0.391 e. The molecule has 27 nitrogen and oxygen atoms in total. The van der Waals surface area contributed by atoms with Crippen molar-refractivity contribution in [3.05, 3.63) is 109 Å². The van der Waals surface area contributed by atoms with Crippen LogP contribution in [0.15, 0.2) is 66.2 Å². The van der Waals surface area contributed by atoms with Gasteiger partial charge in [0.2, 0.25) is 29.5 Å². The van der Waals surface area contributed by atoms with Crippen molar-refractivity contribution in [1.29, 1.82) is 0 Å². The number of fused-ring (bicyclic) bond motifs is 1. The van der Waals surface area contributed by atoms with E-state index in [9.17, 15) is 43.8 Å². The number of H-pyrrole nitrogens is 1. The van der Waals surface area contributed by atoms with Gasteiger partial charge >= 0.3 is 0 Å². The molecule has 2 aromatic carbocycles. The van der Waals surface area contributed by atoms with Crippen molar-refractivity contribution in [2.75, 3.05) is 58.1 Å². The lowest BCUT2D eigenvalue weighted by Gasteiger charge is -2.31. The number of aliphatic hydroxyl groups excluding tert-OH is 2. The highest BCUT2D eigenvalue weighted by molar-refractivity contribution is 7.17. The Morgan fingerprint density at radius 3 is 2.15 bits per heavy atom. The van der Waals surface area contributed by atoms with E-state index in [-0.39, 0.29) is 66.9 Å². The van der Waals surface area contributed by atoms with Gasteiger partial charge in [-0.25, -0.2) is 19.9 Å². The van der Waals surface area contributed by atoms with E-state index in [0.717, 1.165) is 62.8 Å². The number of carbonyl (C=O) groups is 7. The van der Waals surface area contributed by atoms with E-state index in [0.29, 0.717) is 44.3 Å². The number of nitrogens with zero attached hydrogens (tertiary/aromatic N) is 4. The van der Waals surface area contributed by atoms with Gasteiger partial charge in [0.1, 0.15) is 50.2 Å². The van der Waals surface area contributed by atoms with Gasteiger partial charge in [-0.05, 0) is 95.9 Å². The molecule has 4 heterocycles. The number of anilines is 1. The molecule has 4 aromatic heterocycles. The number of hydrogen-bond donors (Lipinski definition) is 16. The number of amides is 7. The molecular formula is C58H81ClN18O9S2. The lowest BCUT2D eigenvalue weighted by molar-refractivity contribution is -0.136. The number of aliphatic hydroxyl groups is 2. The molecule has 0 aliphatic rings. The second kappa shape index (κ2) is 34.8. The normalized spacial score (nSPS) is 14.2. The Morgan fingerprint density at radius 2 is 1.45 bits per heavy atom. The fourth-order valence-corrected chi connectivity index (χ4v) is 11.4. The minimum absolute atomic E-state index is 0.00607. The SMILES string of the molecule is Cc1c(N)nc([C@H](CC(N)=O)NC[C@H](N)C(N)=O)nc1C(=O)N[C@@H](Cc1c[nH]c2ccccc12)C(=O)N[C@H](Cc1ccccc1)[C@@H](O)[C@H](C)C(=O)N[C@H](C(=O)NCCc1nc(-c2nc(C(=O)NCCCNCCCCNCCCN)cs2)c(Cl)s1)[C@@H](C)O. The van der Waals surface area contributed by atoms with Crippen molar-refractivity contribution >= 4 is 92.3 Å². The quantitative estimate of drug-likeness (QED) is 0.0229. The average Bonchev–Trinajstić information content (AvgIpc) is 3.50. The number of primary amides is 2. The van der Waals surface area contributed by atoms with Crippen molar-refractivity contribution in [3.8, 4) is 10.7 Å². The van der Waals surface area contributed by atoms with Crippen LogP contribution in [0.4, 0.5) is 5.82 Å². The van der Waals surface area contributed by atoms with Crippen molar-refractivity contribution < 1.29 is 43.8 Å². The molecule has 0 aliphatic heterocycles. The summed E-state index contributed by atoms with van der Waals surface area (Å²) >= 11 is 9.00. The molecule has 8 atom stereocenters. The van der Waals surface area contributed by atoms with E-state index in [4.69, 9.17) is 40.3 Å². The van der Waals surface area contributed by atoms with Gasteiger partial charge in [-0.15, -0.1) is 22.7 Å². The van der Waals surface area contributed by atoms with Crippen molar-refractivity contribution in [2.45, 2.75) is 115 Å². The zero-order valence-electron chi connectivity index (χ0n) is 49.4. The molecule has 0 radical (unpaired) electrons. The third-order valence-electron chi connectivity index (χ3n) is 14.4. The molecule has 6 rings (SSSR count). The van der Waals surface area contributed by atoms with E-state index < -0.39 is 90.2 Å². The van der Waals surface area contributed by atoms with Crippen LogP contribution in [-0.4, -0.2) is 165 Å². The maximum absolute atomic E-state index is 14.9. The molecule has 0 saturated carbocycles. The molecule has 30 heteroatoms. The average molecular weight is 1270 g/mol. The van der Waals surface area contributed by atoms with Crippen LogP contribution in [-0.2, 0) is 43.2 Å². The maximum Gasteiger partial charge on any atom is 0.271 e. The fourth-order valence-electron chi connectivity index (χ4n) is 9.27. The van der Waals surface area contributed by atoms with Gasteiger partial charge in [-0.2, -0.15) is 0 Å². The van der Waals surface area contributed by atoms with Crippen molar-refractivity contribution in [3.63, 3.8) is 0 Å². The highest BCUT2D eigenvalue weighted by atomic mass is 35.5. The summed E-state index contributed by atoms with van der Waals surface area (Å²) in [6.45, 7) is 8.73. The standard InChI is InChI=1S/C58H81ClN18O9S2/c1-31-45(75-52(77-50(31)63)40(27-43(62)79)70-29-37(61)51(64)81)57(86)72-41(26-35-28-69-38-16-8-7-15-36(35)38)55(84)71-39(25-34-13-5-4-6-14-34)48(80)32(2)53(82)76-46(33(3)78)56(85)68-24-17-44-74-47(49(59)88-44)58-73-42(30-87-58)54(83)67-23-12-22-66-20-10-9-19-65-21-11-18-60/h4-8,13-16,28,30,32-33,37,39-41,46,48,65-66,69-70,78,80H,9-12,17-27,29,60-61H2,1-3H3,(H2,62,79)(H2,64,81)(H,67,83)(H,68,85)(H,71,84)(H,72,86)(H,76,82)(H2,63,75,77)/t32-,33+,37-,39+,40-,41-,46-,48-/m0/s1. The molecule has 88 heavy (non-hydrogen) atoms. The number of halogens is 1. The van der Waals surface area contributed by atoms with E-state index >= 15 is 0 Å². The molecule has 476 valence electrons. The molecule has 0 spiro atoms. The van der Waals surface area contributed by atoms with Gasteiger partial charge in [0.25, 0.3) is 11.8 Å². The first kappa shape index (κ1) is 69.5. The number of benzene rings is 2. The summed E-state index contributed by atoms with van der Waals surface area (Å²) in [6, 6.07) is 9.86. The van der Waals surface area contributed by atoms with Gasteiger partial charge in [-0.1, -0.05) is 67.1 Å². The first-order valence-corrected chi connectivity index (χ1v) is 31.1. The lowest BCUT2D eigenvalue weighted by atomic mass is 9.91. The number of rotatable bonds is 38. The number of nitrogen functional groups attached to an aromatic ring is 1. The maximum atomic E-state index is 14.9. The summed E-state index contributed by atoms with van der Waals surface area (Å²) in [5, 5.41) is 49.8. The second-order valence-corrected chi connectivity index (χ2v) is 23.8. The number of nitrogens with two attached hydrogens (primary N) is 5.